The quantitative estimate of drug-likeness (QED) is 0.0318. The highest BCUT2D eigenvalue weighted by atomic mass is 16.5. The van der Waals surface area contributed by atoms with Gasteiger partial charge in [-0.1, -0.05) is 190 Å². The third-order valence-electron chi connectivity index (χ3n) is 15.6. The fourth-order valence-corrected chi connectivity index (χ4v) is 10.7. The number of aromatic hydroxyl groups is 1. The summed E-state index contributed by atoms with van der Waals surface area (Å²) in [6.07, 6.45) is 0.823. The second kappa shape index (κ2) is 41.0. The van der Waals surface area contributed by atoms with Crippen molar-refractivity contribution >= 4 is 40.8 Å². The number of aryl methyl sites for hydroxylation is 3. The number of hydrogen-bond donors (Lipinski definition) is 5. The summed E-state index contributed by atoms with van der Waals surface area (Å²) in [4.78, 5) is 75.9. The van der Waals surface area contributed by atoms with E-state index in [0.717, 1.165) is 89.2 Å². The van der Waals surface area contributed by atoms with E-state index in [0.29, 0.717) is 25.3 Å². The summed E-state index contributed by atoms with van der Waals surface area (Å²) in [6, 6.07) is 65.5. The molecule has 0 spiro atoms. The standard InChI is InChI=1S/C50H52N6O4.C30H42N2O5/c1-5-51-47(57)43-30-38(3)31-44(55-43)48(58)52-35-41-26-18-10-12-20-28-42(29-21-13-11-19-27-41)36-54-50(60)46-33-39(4)32-45(56-46)49(59)53-34-40-24-16-8-6-14-22-37(2)23-15-7-9-17-25-40;1-5-14-31(15-6-2)23-10-8-22(9-11-23)27-29(35)28(30(27)36)25-13-12-24(19-26(25)34)32(16-7-3)17-18-37-20-21(4)33/h6-33H,5,34-36H2,1-4H3,(H,51,57)(H,52,58)(H,53,59)(H,54,60);8-13,19,27-30,34H,5-7,14-18,20H2,1-4H3/q;-2. The van der Waals surface area contributed by atoms with Gasteiger partial charge in [-0.3, -0.25) is 24.0 Å². The highest BCUT2D eigenvalue weighted by Crippen LogP contribution is 2.48. The van der Waals surface area contributed by atoms with E-state index in [-0.39, 0.29) is 78.3 Å². The summed E-state index contributed by atoms with van der Waals surface area (Å²) in [5.74, 6) is -2.93. The molecule has 5 N–H and O–H groups in total. The minimum Gasteiger partial charge on any atom is -0.851 e. The Kier molecular flexibility index (Phi) is 32.1. The number of carbonyl (C=O) groups is 5. The van der Waals surface area contributed by atoms with Crippen molar-refractivity contribution in [2.45, 2.75) is 118 Å². The summed E-state index contributed by atoms with van der Waals surface area (Å²) < 4.78 is 5.40. The van der Waals surface area contributed by atoms with Gasteiger partial charge in [-0.25, -0.2) is 9.97 Å². The molecule has 2 aromatic heterocycles. The highest BCUT2D eigenvalue weighted by molar-refractivity contribution is 5.97. The third kappa shape index (κ3) is 25.2. The lowest BCUT2D eigenvalue weighted by molar-refractivity contribution is -0.536. The van der Waals surface area contributed by atoms with Gasteiger partial charge in [0.15, 0.2) is 5.78 Å². The third-order valence-corrected chi connectivity index (χ3v) is 15.6. The Morgan fingerprint density at radius 2 is 0.804 bits per heavy atom. The molecule has 1 saturated carbocycles. The molecule has 2 atom stereocenters. The maximum Gasteiger partial charge on any atom is 0.270 e. The van der Waals surface area contributed by atoms with Gasteiger partial charge in [-0.2, -0.15) is 0 Å². The maximum absolute atomic E-state index is 13.3. The van der Waals surface area contributed by atoms with Gasteiger partial charge in [-0.15, -0.1) is 12.2 Å². The Morgan fingerprint density at radius 3 is 1.16 bits per heavy atom. The molecular formula is C80H94N8O9-2. The zero-order chi connectivity index (χ0) is 69.9. The summed E-state index contributed by atoms with van der Waals surface area (Å²) >= 11 is 0. The van der Waals surface area contributed by atoms with Crippen LogP contribution in [0.25, 0.3) is 0 Å². The molecule has 0 bridgehead atoms. The van der Waals surface area contributed by atoms with E-state index in [1.54, 1.807) is 36.4 Å². The van der Waals surface area contributed by atoms with Crippen LogP contribution in [0.5, 0.6) is 5.75 Å². The van der Waals surface area contributed by atoms with E-state index < -0.39 is 30.0 Å². The molecule has 17 heteroatoms. The summed E-state index contributed by atoms with van der Waals surface area (Å²) in [5, 5.41) is 48.7. The first kappa shape index (κ1) is 76.0. The van der Waals surface area contributed by atoms with Crippen LogP contribution in [-0.4, -0.2) is 103 Å². The summed E-state index contributed by atoms with van der Waals surface area (Å²) in [7, 11) is 0. The molecule has 2 heterocycles. The topological polar surface area (TPSA) is 241 Å². The van der Waals surface area contributed by atoms with Gasteiger partial charge >= 0.3 is 0 Å². The molecule has 2 unspecified atom stereocenters. The molecule has 17 nitrogen and oxygen atoms in total. The Balaban J connectivity index is 0.000000343. The first-order valence-electron chi connectivity index (χ1n) is 33.3. The molecule has 1 aliphatic rings. The number of anilines is 2. The monoisotopic (exact) mass is 1310 g/mol. The number of aromatic nitrogens is 2. The van der Waals surface area contributed by atoms with Crippen LogP contribution in [0.15, 0.2) is 212 Å². The molecule has 6 aromatic rings. The number of phenolic OH excluding ortho intramolecular Hbond substituents is 1. The lowest BCUT2D eigenvalue weighted by Gasteiger charge is -2.61. The van der Waals surface area contributed by atoms with Gasteiger partial charge in [0.1, 0.15) is 35.1 Å². The Labute approximate surface area is 572 Å². The van der Waals surface area contributed by atoms with E-state index in [1.807, 2.05) is 204 Å². The van der Waals surface area contributed by atoms with Crippen LogP contribution in [0, 0.1) is 20.8 Å². The molecule has 0 aliphatic heterocycles. The molecule has 97 heavy (non-hydrogen) atoms. The number of rotatable bonds is 26. The number of Topliss-reactive ketones (excluding diaryl/α,β-unsaturated/α-hetero) is 1. The number of ketones is 1. The van der Waals surface area contributed by atoms with Crippen molar-refractivity contribution in [3.8, 4) is 5.75 Å². The van der Waals surface area contributed by atoms with Crippen molar-refractivity contribution in [1.82, 2.24) is 31.2 Å². The van der Waals surface area contributed by atoms with Crippen molar-refractivity contribution in [2.24, 2.45) is 0 Å². The van der Waals surface area contributed by atoms with E-state index in [9.17, 15) is 39.3 Å². The molecule has 1 fully saturated rings. The van der Waals surface area contributed by atoms with Crippen molar-refractivity contribution in [3.05, 3.63) is 280 Å². The molecule has 0 radical (unpaired) electrons. The Bertz CT molecular complexity index is 3750. The molecular weight excluding hydrogens is 1220 g/mol. The number of hydrogen-bond acceptors (Lipinski definition) is 13. The average molecular weight is 1310 g/mol. The molecule has 0 saturated heterocycles. The number of amides is 4. The first-order chi connectivity index (χ1) is 46.9. The normalized spacial score (nSPS) is 14.1. The predicted molar refractivity (Wildman–Crippen MR) is 382 cm³/mol. The van der Waals surface area contributed by atoms with E-state index in [1.165, 1.54) is 6.92 Å². The van der Waals surface area contributed by atoms with Crippen molar-refractivity contribution in [2.75, 3.05) is 55.7 Å². The summed E-state index contributed by atoms with van der Waals surface area (Å²) in [5.41, 5.74) is 8.96. The van der Waals surface area contributed by atoms with Crippen molar-refractivity contribution in [3.63, 3.8) is 0 Å². The molecule has 510 valence electrons. The number of ether oxygens (including phenoxy) is 1. The minimum atomic E-state index is -1.10. The van der Waals surface area contributed by atoms with Crippen LogP contribution in [0.3, 0.4) is 0 Å². The SMILES string of the molecule is CCCN(CCC)c1ccc(C2C([O-])C(c3ccc(N(CCC)CCOCC(C)=O)cc3O)C2[O-])cc1.CCNC(=O)c1cc(C)cc(C(=O)NCc2ccccccc(CNC(=O)c3cc(C)cc(C(=O)NCc4ccccccc(C)cccccc4)n3)cccccc2)n1. The van der Waals surface area contributed by atoms with E-state index >= 15 is 0 Å². The Morgan fingerprint density at radius 1 is 0.443 bits per heavy atom. The predicted octanol–water partition coefficient (Wildman–Crippen LogP) is 11.6. The van der Waals surface area contributed by atoms with E-state index in [4.69, 9.17) is 4.74 Å². The van der Waals surface area contributed by atoms with Gasteiger partial charge in [0, 0.05) is 69.8 Å². The average Bonchev–Trinajstić information content (AvgIpc) is 0.743. The fourth-order valence-electron chi connectivity index (χ4n) is 10.7. The van der Waals surface area contributed by atoms with Crippen LogP contribution >= 0.6 is 0 Å². The van der Waals surface area contributed by atoms with Crippen LogP contribution in [0.2, 0.25) is 0 Å². The minimum absolute atomic E-state index is 0.0153. The highest BCUT2D eigenvalue weighted by Gasteiger charge is 2.39. The number of benzene rings is 2. The molecule has 4 aromatic carbocycles. The number of pyridine rings is 2. The van der Waals surface area contributed by atoms with Crippen molar-refractivity contribution < 1.29 is 44.0 Å². The van der Waals surface area contributed by atoms with Crippen LogP contribution in [-0.2, 0) is 29.2 Å². The second-order valence-electron chi connectivity index (χ2n) is 23.7. The number of nitrogens with one attached hydrogen (secondary N) is 4. The van der Waals surface area contributed by atoms with Crippen LogP contribution in [0.4, 0.5) is 11.4 Å². The molecule has 1 aliphatic carbocycles. The van der Waals surface area contributed by atoms with Gasteiger partial charge in [0.05, 0.1) is 6.61 Å². The van der Waals surface area contributed by atoms with Crippen LogP contribution < -0.4 is 41.3 Å². The maximum atomic E-state index is 13.3. The Hall–Kier alpha value is -10.1. The fraction of sp³-hybridized carbons (Fsp3) is 0.312. The van der Waals surface area contributed by atoms with Gasteiger partial charge in [0.2, 0.25) is 0 Å². The first-order valence-corrected chi connectivity index (χ1v) is 33.3. The molecule has 4 amide bonds. The largest absolute Gasteiger partial charge is 0.851 e. The number of phenols is 1. The van der Waals surface area contributed by atoms with Crippen LogP contribution in [0.1, 0.15) is 152 Å². The zero-order valence-electron chi connectivity index (χ0n) is 57.2. The van der Waals surface area contributed by atoms with Gasteiger partial charge in [-0.05, 0) is 147 Å². The molecule has 7 rings (SSSR count). The second-order valence-corrected chi connectivity index (χ2v) is 23.7. The smallest absolute Gasteiger partial charge is 0.270 e. The number of carbonyl (C=O) groups excluding carboxylic acids is 5. The lowest BCUT2D eigenvalue weighted by atomic mass is 9.63. The zero-order valence-corrected chi connectivity index (χ0v) is 57.2. The van der Waals surface area contributed by atoms with Gasteiger partial charge in [0.25, 0.3) is 23.6 Å². The van der Waals surface area contributed by atoms with E-state index in [2.05, 4.69) is 61.8 Å². The van der Waals surface area contributed by atoms with Gasteiger partial charge < -0.3 is 51.1 Å². The number of nitrogens with zero attached hydrogens (tertiary/aromatic N) is 4. The summed E-state index contributed by atoms with van der Waals surface area (Å²) in [6.45, 7) is 20.3. The lowest BCUT2D eigenvalue weighted by Crippen LogP contribution is -2.63. The van der Waals surface area contributed by atoms with Crippen molar-refractivity contribution in [1.29, 1.82) is 0 Å².